The number of ether oxygens (including phenoxy) is 5. The second-order valence-electron chi connectivity index (χ2n) is 11.8. The van der Waals surface area contributed by atoms with E-state index in [1.165, 1.54) is 13.0 Å². The van der Waals surface area contributed by atoms with Crippen LogP contribution in [0.5, 0.6) is 0 Å². The van der Waals surface area contributed by atoms with Gasteiger partial charge in [-0.15, -0.1) is 0 Å². The fourth-order valence-corrected chi connectivity index (χ4v) is 6.92. The fraction of sp³-hybridized carbons (Fsp3) is 0.920. The van der Waals surface area contributed by atoms with E-state index in [-0.39, 0.29) is 5.57 Å². The first kappa shape index (κ1) is 34.3. The van der Waals surface area contributed by atoms with Crippen LogP contribution in [-0.4, -0.2) is 202 Å². The van der Waals surface area contributed by atoms with E-state index in [0.717, 1.165) is 0 Å². The highest BCUT2D eigenvalue weighted by atomic mass is 16.7. The number of aliphatic hydroxyl groups is 13. The van der Waals surface area contributed by atoms with Gasteiger partial charge in [0.2, 0.25) is 0 Å². The molecule has 19 atom stereocenters. The summed E-state index contributed by atoms with van der Waals surface area (Å²) in [4.78, 5) is 0. The highest BCUT2D eigenvalue weighted by Gasteiger charge is 2.73. The predicted octanol–water partition coefficient (Wildman–Crippen LogP) is -8.81. The zero-order valence-corrected chi connectivity index (χ0v) is 23.4. The van der Waals surface area contributed by atoms with E-state index in [1.54, 1.807) is 0 Å². The lowest BCUT2D eigenvalue weighted by atomic mass is 9.63. The normalized spacial score (nSPS) is 56.1. The molecule has 5 aliphatic heterocycles. The minimum absolute atomic E-state index is 0.304. The first-order valence-electron chi connectivity index (χ1n) is 14.1. The van der Waals surface area contributed by atoms with E-state index in [0.29, 0.717) is 0 Å². The van der Waals surface area contributed by atoms with Gasteiger partial charge in [-0.25, -0.2) is 0 Å². The Morgan fingerprint density at radius 2 is 1.30 bits per heavy atom. The molecule has 19 heteroatoms. The second kappa shape index (κ2) is 12.5. The molecule has 4 fully saturated rings. The van der Waals surface area contributed by atoms with Crippen LogP contribution < -0.4 is 5.32 Å². The van der Waals surface area contributed by atoms with E-state index in [4.69, 9.17) is 23.7 Å². The van der Waals surface area contributed by atoms with Crippen molar-refractivity contribution in [2.75, 3.05) is 19.8 Å². The summed E-state index contributed by atoms with van der Waals surface area (Å²) in [5, 5.41) is 141. The lowest BCUT2D eigenvalue weighted by Crippen LogP contribution is -2.80. The van der Waals surface area contributed by atoms with Crippen LogP contribution in [0.1, 0.15) is 6.92 Å². The van der Waals surface area contributed by atoms with Crippen LogP contribution >= 0.6 is 0 Å². The van der Waals surface area contributed by atoms with Crippen LogP contribution in [0.25, 0.3) is 0 Å². The summed E-state index contributed by atoms with van der Waals surface area (Å²) in [5.74, 6) is 0. The number of rotatable bonds is 7. The van der Waals surface area contributed by atoms with Gasteiger partial charge in [0.15, 0.2) is 18.9 Å². The quantitative estimate of drug-likeness (QED) is 0.114. The van der Waals surface area contributed by atoms with Crippen LogP contribution in [0.2, 0.25) is 0 Å². The largest absolute Gasteiger partial charge is 0.394 e. The summed E-state index contributed by atoms with van der Waals surface area (Å²) in [6.45, 7) is -1.16. The SMILES string of the molecule is C[C@H]1O[C@H](O[C@H]2[C@H](O)[C@@H](O)[C@@H](O[C@H]3[C@H](O)[C@@H](O)[C@H](O)O[C@@H]3CO)O[C@@H]2CO)[C@H](O)[C@]2(O)[C@@H]1N[C@H]1C=C(CO)[C@]2(O)[C@H](O)[C@H]1O. The van der Waals surface area contributed by atoms with Gasteiger partial charge in [-0.1, -0.05) is 6.08 Å². The molecule has 19 nitrogen and oxygen atoms in total. The first-order chi connectivity index (χ1) is 20.7. The lowest BCUT2D eigenvalue weighted by Gasteiger charge is -2.57. The molecule has 0 aromatic heterocycles. The van der Waals surface area contributed by atoms with Gasteiger partial charge >= 0.3 is 0 Å². The Balaban J connectivity index is 1.38. The van der Waals surface area contributed by atoms with Gasteiger partial charge in [0, 0.05) is 0 Å². The van der Waals surface area contributed by atoms with Crippen LogP contribution in [0.4, 0.5) is 0 Å². The third kappa shape index (κ3) is 5.04. The Kier molecular flexibility index (Phi) is 9.78. The molecule has 44 heavy (non-hydrogen) atoms. The molecule has 6 aliphatic rings. The van der Waals surface area contributed by atoms with E-state index >= 15 is 0 Å². The molecule has 254 valence electrons. The number of aliphatic hydroxyl groups excluding tert-OH is 11. The van der Waals surface area contributed by atoms with Gasteiger partial charge in [0.25, 0.3) is 0 Å². The van der Waals surface area contributed by atoms with Crippen molar-refractivity contribution in [2.24, 2.45) is 0 Å². The van der Waals surface area contributed by atoms with Gasteiger partial charge in [-0.3, -0.25) is 0 Å². The molecule has 5 heterocycles. The molecule has 1 aliphatic carbocycles. The summed E-state index contributed by atoms with van der Waals surface area (Å²) in [6.07, 6.45) is -25.6. The molecule has 0 radical (unpaired) electrons. The average Bonchev–Trinajstić information content (AvgIpc) is 3.14. The summed E-state index contributed by atoms with van der Waals surface area (Å²) < 4.78 is 27.5. The van der Waals surface area contributed by atoms with Crippen LogP contribution in [0.3, 0.4) is 0 Å². The maximum atomic E-state index is 12.0. The summed E-state index contributed by atoms with van der Waals surface area (Å²) in [5.41, 5.74) is -5.93. The van der Waals surface area contributed by atoms with Gasteiger partial charge < -0.3 is 95.4 Å². The smallest absolute Gasteiger partial charge is 0.187 e. The summed E-state index contributed by atoms with van der Waals surface area (Å²) in [7, 11) is 0. The minimum atomic E-state index is -2.83. The Labute approximate surface area is 249 Å². The highest BCUT2D eigenvalue weighted by molar-refractivity contribution is 5.40. The Morgan fingerprint density at radius 3 is 1.89 bits per heavy atom. The number of hydrogen-bond donors (Lipinski definition) is 14. The van der Waals surface area contributed by atoms with Gasteiger partial charge in [-0.05, 0) is 12.5 Å². The molecular weight excluding hydrogens is 602 g/mol. The molecule has 6 rings (SSSR count). The van der Waals surface area contributed by atoms with Crippen molar-refractivity contribution in [3.05, 3.63) is 11.6 Å². The Morgan fingerprint density at radius 1 is 0.727 bits per heavy atom. The summed E-state index contributed by atoms with van der Waals surface area (Å²) >= 11 is 0. The van der Waals surface area contributed by atoms with Gasteiger partial charge in [-0.2, -0.15) is 0 Å². The molecule has 2 bridgehead atoms. The summed E-state index contributed by atoms with van der Waals surface area (Å²) in [6, 6.07) is -2.43. The third-order valence-electron chi connectivity index (χ3n) is 9.39. The molecule has 0 saturated carbocycles. The highest BCUT2D eigenvalue weighted by Crippen LogP contribution is 2.49. The van der Waals surface area contributed by atoms with Crippen molar-refractivity contribution in [3.8, 4) is 0 Å². The van der Waals surface area contributed by atoms with Crippen molar-refractivity contribution in [2.45, 2.75) is 122 Å². The van der Waals surface area contributed by atoms with E-state index in [1.807, 2.05) is 0 Å². The molecule has 4 saturated heterocycles. The topological polar surface area (TPSA) is 321 Å². The monoisotopic (exact) mass is 643 g/mol. The second-order valence-corrected chi connectivity index (χ2v) is 11.8. The number of hydrogen-bond acceptors (Lipinski definition) is 19. The third-order valence-corrected chi connectivity index (χ3v) is 9.39. The van der Waals surface area contributed by atoms with Gasteiger partial charge in [0.05, 0.1) is 38.0 Å². The molecule has 0 aromatic carbocycles. The fourth-order valence-electron chi connectivity index (χ4n) is 6.92. The van der Waals surface area contributed by atoms with E-state index < -0.39 is 135 Å². The molecule has 0 unspecified atom stereocenters. The van der Waals surface area contributed by atoms with E-state index in [2.05, 4.69) is 5.32 Å². The van der Waals surface area contributed by atoms with E-state index in [9.17, 15) is 66.4 Å². The van der Waals surface area contributed by atoms with Crippen molar-refractivity contribution < 1.29 is 90.1 Å². The molecule has 14 N–H and O–H groups in total. The molecule has 0 aromatic rings. The van der Waals surface area contributed by atoms with Crippen molar-refractivity contribution in [1.82, 2.24) is 5.32 Å². The number of fused-ring (bicyclic) bond motifs is 1. The van der Waals surface area contributed by atoms with Gasteiger partial charge in [0.1, 0.15) is 78.3 Å². The zero-order valence-electron chi connectivity index (χ0n) is 23.4. The lowest BCUT2D eigenvalue weighted by molar-refractivity contribution is -0.386. The predicted molar refractivity (Wildman–Crippen MR) is 136 cm³/mol. The van der Waals surface area contributed by atoms with Crippen molar-refractivity contribution in [3.63, 3.8) is 0 Å². The standard InChI is InChI=1S/C25H41NO18/c1-6-18-25(39,24(38)7(3-27)2-8(26-18)11(30)19(24)35)20(36)23(40-6)44-17-10(5-29)42-22(15(34)13(17)32)43-16-9(4-28)41-21(37)14(33)12(16)31/h2,6,8-23,26-39H,3-5H2,1H3/t6-,8+,9-,10-,11+,12-,13-,14-,15-,16-,17-,18-,19-,20+,21-,22-,23-,24+,25-/m1/s1. The van der Waals surface area contributed by atoms with Crippen LogP contribution in [-0.2, 0) is 23.7 Å². The maximum absolute atomic E-state index is 12.0. The van der Waals surface area contributed by atoms with Crippen molar-refractivity contribution in [1.29, 1.82) is 0 Å². The van der Waals surface area contributed by atoms with Crippen LogP contribution in [0, 0.1) is 0 Å². The minimum Gasteiger partial charge on any atom is -0.394 e. The first-order valence-corrected chi connectivity index (χ1v) is 14.1. The molecule has 0 spiro atoms. The Hall–Kier alpha value is -1.02. The average molecular weight is 644 g/mol. The zero-order chi connectivity index (χ0) is 32.5. The Bertz CT molecular complexity index is 1050. The number of nitrogens with one attached hydrogen (secondary N) is 1. The van der Waals surface area contributed by atoms with Crippen molar-refractivity contribution >= 4 is 0 Å². The van der Waals surface area contributed by atoms with Crippen LogP contribution in [0.15, 0.2) is 11.6 Å². The molecular formula is C25H41NO18. The molecule has 0 amide bonds. The maximum Gasteiger partial charge on any atom is 0.187 e.